The van der Waals surface area contributed by atoms with E-state index >= 15 is 0 Å². The minimum atomic E-state index is -0.621. The number of halogens is 2. The standard InChI is InChI=1S/C15H10ClFN2O/c1-9-12(3-2-4-13(9)16)15(20)19-11-5-6-14(17)10(7-11)8-18/h2-7H,1H3,(H,19,20). The molecule has 0 saturated carbocycles. The molecule has 5 heteroatoms. The summed E-state index contributed by atoms with van der Waals surface area (Å²) in [6.07, 6.45) is 0. The first-order chi connectivity index (χ1) is 9.52. The van der Waals surface area contributed by atoms with E-state index in [1.807, 2.05) is 0 Å². The van der Waals surface area contributed by atoms with Crippen molar-refractivity contribution in [1.29, 1.82) is 5.26 Å². The van der Waals surface area contributed by atoms with E-state index < -0.39 is 5.82 Å². The lowest BCUT2D eigenvalue weighted by Gasteiger charge is -2.09. The summed E-state index contributed by atoms with van der Waals surface area (Å²) in [5.74, 6) is -0.982. The molecule has 0 heterocycles. The summed E-state index contributed by atoms with van der Waals surface area (Å²) in [4.78, 5) is 12.1. The van der Waals surface area contributed by atoms with Gasteiger partial charge in [0.05, 0.1) is 5.56 Å². The maximum absolute atomic E-state index is 13.2. The van der Waals surface area contributed by atoms with Gasteiger partial charge >= 0.3 is 0 Å². The molecule has 1 amide bonds. The van der Waals surface area contributed by atoms with Gasteiger partial charge in [0.1, 0.15) is 11.9 Å². The SMILES string of the molecule is Cc1c(Cl)cccc1C(=O)Nc1ccc(F)c(C#N)c1. The van der Waals surface area contributed by atoms with Crippen molar-refractivity contribution in [3.63, 3.8) is 0 Å². The van der Waals surface area contributed by atoms with Gasteiger partial charge in [0.2, 0.25) is 0 Å². The van der Waals surface area contributed by atoms with Gasteiger partial charge in [-0.25, -0.2) is 4.39 Å². The molecule has 0 aliphatic rings. The van der Waals surface area contributed by atoms with Crippen LogP contribution in [0.3, 0.4) is 0 Å². The molecule has 100 valence electrons. The molecular weight excluding hydrogens is 279 g/mol. The number of carbonyl (C=O) groups is 1. The molecule has 1 N–H and O–H groups in total. The van der Waals surface area contributed by atoms with E-state index in [0.717, 1.165) is 6.07 Å². The van der Waals surface area contributed by atoms with Gasteiger partial charge in [0.15, 0.2) is 0 Å². The van der Waals surface area contributed by atoms with Crippen molar-refractivity contribution >= 4 is 23.2 Å². The molecule has 0 saturated heterocycles. The fourth-order valence-corrected chi connectivity index (χ4v) is 1.92. The van der Waals surface area contributed by atoms with E-state index in [-0.39, 0.29) is 11.5 Å². The monoisotopic (exact) mass is 288 g/mol. The molecular formula is C15H10ClFN2O. The van der Waals surface area contributed by atoms with Crippen LogP contribution >= 0.6 is 11.6 Å². The summed E-state index contributed by atoms with van der Waals surface area (Å²) in [7, 11) is 0. The fourth-order valence-electron chi connectivity index (χ4n) is 1.74. The number of nitrogens with one attached hydrogen (secondary N) is 1. The summed E-state index contributed by atoms with van der Waals surface area (Å²) in [5.41, 5.74) is 1.33. The zero-order valence-corrected chi connectivity index (χ0v) is 11.3. The van der Waals surface area contributed by atoms with Crippen LogP contribution in [0.2, 0.25) is 5.02 Å². The number of carbonyl (C=O) groups excluding carboxylic acids is 1. The van der Waals surface area contributed by atoms with Crippen LogP contribution in [-0.2, 0) is 0 Å². The van der Waals surface area contributed by atoms with Gasteiger partial charge in [-0.3, -0.25) is 4.79 Å². The highest BCUT2D eigenvalue weighted by Gasteiger charge is 2.12. The van der Waals surface area contributed by atoms with Gasteiger partial charge in [-0.15, -0.1) is 0 Å². The Morgan fingerprint density at radius 3 is 2.80 bits per heavy atom. The molecule has 0 aliphatic heterocycles. The molecule has 2 aromatic rings. The number of nitriles is 1. The molecule has 0 aliphatic carbocycles. The van der Waals surface area contributed by atoms with Gasteiger partial charge in [0.25, 0.3) is 5.91 Å². The van der Waals surface area contributed by atoms with Gasteiger partial charge in [-0.1, -0.05) is 17.7 Å². The summed E-state index contributed by atoms with van der Waals surface area (Å²) in [6, 6.07) is 10.6. The van der Waals surface area contributed by atoms with Crippen LogP contribution < -0.4 is 5.32 Å². The summed E-state index contributed by atoms with van der Waals surface area (Å²) < 4.78 is 13.2. The van der Waals surface area contributed by atoms with E-state index in [2.05, 4.69) is 5.32 Å². The second kappa shape index (κ2) is 5.72. The van der Waals surface area contributed by atoms with E-state index in [9.17, 15) is 9.18 Å². The number of amides is 1. The maximum atomic E-state index is 13.2. The van der Waals surface area contributed by atoms with E-state index in [1.54, 1.807) is 31.2 Å². The molecule has 0 fully saturated rings. The minimum absolute atomic E-state index is 0.120. The minimum Gasteiger partial charge on any atom is -0.322 e. The Morgan fingerprint density at radius 2 is 2.10 bits per heavy atom. The summed E-state index contributed by atoms with van der Waals surface area (Å²) in [5, 5.41) is 11.9. The Hall–Kier alpha value is -2.38. The Kier molecular flexibility index (Phi) is 4.02. The molecule has 0 unspecified atom stereocenters. The van der Waals surface area contributed by atoms with E-state index in [0.29, 0.717) is 21.8 Å². The van der Waals surface area contributed by atoms with E-state index in [1.165, 1.54) is 12.1 Å². The lowest BCUT2D eigenvalue weighted by molar-refractivity contribution is 0.102. The highest BCUT2D eigenvalue weighted by atomic mass is 35.5. The number of rotatable bonds is 2. The molecule has 2 aromatic carbocycles. The fraction of sp³-hybridized carbons (Fsp3) is 0.0667. The van der Waals surface area contributed by atoms with Crippen molar-refractivity contribution in [2.45, 2.75) is 6.92 Å². The molecule has 3 nitrogen and oxygen atoms in total. The van der Waals surface area contributed by atoms with Crippen molar-refractivity contribution < 1.29 is 9.18 Å². The Balaban J connectivity index is 2.29. The predicted molar refractivity (Wildman–Crippen MR) is 75.3 cm³/mol. The molecule has 0 radical (unpaired) electrons. The van der Waals surface area contributed by atoms with Crippen LogP contribution in [-0.4, -0.2) is 5.91 Å². The van der Waals surface area contributed by atoms with Crippen molar-refractivity contribution in [2.75, 3.05) is 5.32 Å². The van der Waals surface area contributed by atoms with Gasteiger partial charge < -0.3 is 5.32 Å². The summed E-state index contributed by atoms with van der Waals surface area (Å²) >= 11 is 5.96. The van der Waals surface area contributed by atoms with Crippen molar-refractivity contribution in [3.8, 4) is 6.07 Å². The first kappa shape index (κ1) is 14.0. The lowest BCUT2D eigenvalue weighted by atomic mass is 10.1. The van der Waals surface area contributed by atoms with Crippen LogP contribution in [0.15, 0.2) is 36.4 Å². The second-order valence-corrected chi connectivity index (χ2v) is 4.58. The van der Waals surface area contributed by atoms with Gasteiger partial charge in [-0.2, -0.15) is 5.26 Å². The normalized spacial score (nSPS) is 9.90. The van der Waals surface area contributed by atoms with Crippen molar-refractivity contribution in [1.82, 2.24) is 0 Å². The smallest absolute Gasteiger partial charge is 0.255 e. The van der Waals surface area contributed by atoms with Crippen LogP contribution in [0.25, 0.3) is 0 Å². The van der Waals surface area contributed by atoms with E-state index in [4.69, 9.17) is 16.9 Å². The Bertz CT molecular complexity index is 722. The van der Waals surface area contributed by atoms with Crippen LogP contribution in [0, 0.1) is 24.1 Å². The molecule has 2 rings (SSSR count). The molecule has 0 atom stereocenters. The van der Waals surface area contributed by atoms with Gasteiger partial charge in [0, 0.05) is 16.3 Å². The maximum Gasteiger partial charge on any atom is 0.255 e. The average molecular weight is 289 g/mol. The van der Waals surface area contributed by atoms with Crippen LogP contribution in [0.1, 0.15) is 21.5 Å². The lowest BCUT2D eigenvalue weighted by Crippen LogP contribution is -2.13. The predicted octanol–water partition coefficient (Wildman–Crippen LogP) is 3.91. The third kappa shape index (κ3) is 2.79. The van der Waals surface area contributed by atoms with Crippen LogP contribution in [0.4, 0.5) is 10.1 Å². The number of nitrogens with zero attached hydrogens (tertiary/aromatic N) is 1. The van der Waals surface area contributed by atoms with Crippen molar-refractivity contribution in [3.05, 3.63) is 63.9 Å². The molecule has 0 aromatic heterocycles. The Labute approximate surface area is 120 Å². The second-order valence-electron chi connectivity index (χ2n) is 4.17. The third-order valence-corrected chi connectivity index (χ3v) is 3.27. The first-order valence-corrected chi connectivity index (χ1v) is 6.17. The van der Waals surface area contributed by atoms with Gasteiger partial charge in [-0.05, 0) is 42.8 Å². The number of hydrogen-bond donors (Lipinski definition) is 1. The summed E-state index contributed by atoms with van der Waals surface area (Å²) in [6.45, 7) is 1.74. The number of hydrogen-bond acceptors (Lipinski definition) is 2. The highest BCUT2D eigenvalue weighted by molar-refractivity contribution is 6.32. The average Bonchev–Trinajstić information content (AvgIpc) is 2.43. The zero-order valence-electron chi connectivity index (χ0n) is 10.6. The highest BCUT2D eigenvalue weighted by Crippen LogP contribution is 2.20. The number of anilines is 1. The largest absolute Gasteiger partial charge is 0.322 e. The van der Waals surface area contributed by atoms with Crippen LogP contribution in [0.5, 0.6) is 0 Å². The van der Waals surface area contributed by atoms with Crippen molar-refractivity contribution in [2.24, 2.45) is 0 Å². The Morgan fingerprint density at radius 1 is 1.35 bits per heavy atom. The first-order valence-electron chi connectivity index (χ1n) is 5.79. The molecule has 0 spiro atoms. The molecule has 0 bridgehead atoms. The quantitative estimate of drug-likeness (QED) is 0.911. The molecule has 20 heavy (non-hydrogen) atoms. The zero-order chi connectivity index (χ0) is 14.7. The third-order valence-electron chi connectivity index (χ3n) is 2.86. The topological polar surface area (TPSA) is 52.9 Å². The number of benzene rings is 2.